The number of amides is 1. The van der Waals surface area contributed by atoms with Crippen molar-refractivity contribution in [1.82, 2.24) is 19.9 Å². The number of para-hydroxylation sites is 2. The first-order chi connectivity index (χ1) is 15.7. The molecule has 5 aromatic rings. The van der Waals surface area contributed by atoms with Gasteiger partial charge < -0.3 is 10.3 Å². The van der Waals surface area contributed by atoms with E-state index in [1.165, 1.54) is 21.3 Å². The molecule has 3 heterocycles. The lowest BCUT2D eigenvalue weighted by Gasteiger charge is -2.16. The van der Waals surface area contributed by atoms with Crippen LogP contribution in [0.1, 0.15) is 22.8 Å². The van der Waals surface area contributed by atoms with E-state index in [0.29, 0.717) is 24.0 Å². The summed E-state index contributed by atoms with van der Waals surface area (Å²) in [4.78, 5) is 34.1. The molecule has 0 spiro atoms. The molecule has 0 fully saturated rings. The highest BCUT2D eigenvalue weighted by Crippen LogP contribution is 2.32. The maximum absolute atomic E-state index is 12.6. The first-order valence-electron chi connectivity index (χ1n) is 10.5. The van der Waals surface area contributed by atoms with Gasteiger partial charge >= 0.3 is 0 Å². The number of hydrogen-bond acceptors (Lipinski definition) is 4. The molecule has 3 aromatic heterocycles. The van der Waals surface area contributed by atoms with Crippen LogP contribution in [0.3, 0.4) is 0 Å². The minimum absolute atomic E-state index is 0.0557. The van der Waals surface area contributed by atoms with Crippen LogP contribution in [-0.2, 0) is 11.3 Å². The molecule has 0 unspecified atom stereocenters. The van der Waals surface area contributed by atoms with E-state index in [9.17, 15) is 9.59 Å². The van der Waals surface area contributed by atoms with E-state index in [1.54, 1.807) is 17.4 Å². The topological polar surface area (TPSA) is 79.8 Å². The maximum atomic E-state index is 12.6. The van der Waals surface area contributed by atoms with Gasteiger partial charge in [-0.3, -0.25) is 14.2 Å². The molecule has 160 valence electrons. The summed E-state index contributed by atoms with van der Waals surface area (Å²) in [5, 5.41) is 6.85. The zero-order valence-electron chi connectivity index (χ0n) is 17.3. The van der Waals surface area contributed by atoms with Crippen LogP contribution < -0.4 is 10.9 Å². The second kappa shape index (κ2) is 8.80. The number of thiophene rings is 1. The Labute approximate surface area is 188 Å². The highest BCUT2D eigenvalue weighted by molar-refractivity contribution is 7.10. The number of nitrogens with one attached hydrogen (secondary N) is 2. The van der Waals surface area contributed by atoms with Gasteiger partial charge in [0, 0.05) is 47.4 Å². The van der Waals surface area contributed by atoms with E-state index in [0.717, 1.165) is 10.9 Å². The molecule has 2 aromatic carbocycles. The zero-order valence-corrected chi connectivity index (χ0v) is 18.1. The van der Waals surface area contributed by atoms with Crippen LogP contribution >= 0.6 is 11.3 Å². The Balaban J connectivity index is 1.29. The molecule has 0 saturated heterocycles. The molecule has 1 amide bonds. The number of aromatic amines is 1. The molecule has 32 heavy (non-hydrogen) atoms. The SMILES string of the molecule is O=C(CCn1cnc2ccccc2c1=O)NC[C@@H](c1cccs1)c1c[nH]c2ccccc12. The lowest BCUT2D eigenvalue weighted by atomic mass is 9.96. The summed E-state index contributed by atoms with van der Waals surface area (Å²) in [6.45, 7) is 0.783. The van der Waals surface area contributed by atoms with Crippen molar-refractivity contribution in [3.05, 3.63) is 99.4 Å². The van der Waals surface area contributed by atoms with E-state index in [-0.39, 0.29) is 23.8 Å². The minimum Gasteiger partial charge on any atom is -0.361 e. The minimum atomic E-state index is -0.126. The van der Waals surface area contributed by atoms with Crippen LogP contribution in [0.5, 0.6) is 0 Å². The van der Waals surface area contributed by atoms with Gasteiger partial charge in [-0.1, -0.05) is 36.4 Å². The Morgan fingerprint density at radius 3 is 2.72 bits per heavy atom. The molecule has 2 N–H and O–H groups in total. The number of H-pyrrole nitrogens is 1. The molecular formula is C25H22N4O2S. The molecule has 0 bridgehead atoms. The molecule has 0 aliphatic rings. The van der Waals surface area contributed by atoms with Crippen LogP contribution in [0.15, 0.2) is 83.4 Å². The molecule has 0 aliphatic heterocycles. The normalized spacial score (nSPS) is 12.2. The lowest BCUT2D eigenvalue weighted by Crippen LogP contribution is -2.30. The highest BCUT2D eigenvalue weighted by atomic mass is 32.1. The molecule has 5 rings (SSSR count). The van der Waals surface area contributed by atoms with Crippen molar-refractivity contribution in [1.29, 1.82) is 0 Å². The van der Waals surface area contributed by atoms with Gasteiger partial charge in [0.05, 0.1) is 17.2 Å². The van der Waals surface area contributed by atoms with E-state index in [2.05, 4.69) is 38.9 Å². The van der Waals surface area contributed by atoms with Crippen molar-refractivity contribution in [2.45, 2.75) is 18.9 Å². The van der Waals surface area contributed by atoms with Crippen molar-refractivity contribution in [3.8, 4) is 0 Å². The fourth-order valence-corrected chi connectivity index (χ4v) is 4.87. The van der Waals surface area contributed by atoms with E-state index in [4.69, 9.17) is 0 Å². The molecule has 6 nitrogen and oxygen atoms in total. The number of hydrogen-bond donors (Lipinski definition) is 2. The summed E-state index contributed by atoms with van der Waals surface area (Å²) in [6.07, 6.45) is 3.75. The predicted octanol–water partition coefficient (Wildman–Crippen LogP) is 4.28. The number of benzene rings is 2. The summed E-state index contributed by atoms with van der Waals surface area (Å²) in [5.41, 5.74) is 2.78. The van der Waals surface area contributed by atoms with Gasteiger partial charge in [-0.05, 0) is 35.2 Å². The van der Waals surface area contributed by atoms with Gasteiger partial charge in [-0.25, -0.2) is 4.98 Å². The maximum Gasteiger partial charge on any atom is 0.261 e. The van der Waals surface area contributed by atoms with Gasteiger partial charge in [-0.15, -0.1) is 11.3 Å². The lowest BCUT2D eigenvalue weighted by molar-refractivity contribution is -0.121. The van der Waals surface area contributed by atoms with E-state index >= 15 is 0 Å². The Hall–Kier alpha value is -3.71. The number of carbonyl (C=O) groups excluding carboxylic acids is 1. The van der Waals surface area contributed by atoms with E-state index < -0.39 is 0 Å². The van der Waals surface area contributed by atoms with Crippen LogP contribution in [0.2, 0.25) is 0 Å². The Morgan fingerprint density at radius 2 is 1.88 bits per heavy atom. The smallest absolute Gasteiger partial charge is 0.261 e. The fraction of sp³-hybridized carbons (Fsp3) is 0.160. The first-order valence-corrected chi connectivity index (χ1v) is 11.4. The summed E-state index contributed by atoms with van der Waals surface area (Å²) < 4.78 is 1.50. The summed E-state index contributed by atoms with van der Waals surface area (Å²) in [5.74, 6) is -0.0355. The molecule has 0 aliphatic carbocycles. The van der Waals surface area contributed by atoms with Crippen molar-refractivity contribution in [3.63, 3.8) is 0 Å². The van der Waals surface area contributed by atoms with Gasteiger partial charge in [0.15, 0.2) is 0 Å². The highest BCUT2D eigenvalue weighted by Gasteiger charge is 2.20. The Kier molecular flexibility index (Phi) is 5.56. The monoisotopic (exact) mass is 442 g/mol. The predicted molar refractivity (Wildman–Crippen MR) is 128 cm³/mol. The van der Waals surface area contributed by atoms with E-state index in [1.807, 2.05) is 42.6 Å². The number of carbonyl (C=O) groups is 1. The average Bonchev–Trinajstić information content (AvgIpc) is 3.50. The Bertz CT molecular complexity index is 1440. The first kappa shape index (κ1) is 20.2. The second-order valence-electron chi connectivity index (χ2n) is 7.67. The number of aromatic nitrogens is 3. The summed E-state index contributed by atoms with van der Waals surface area (Å²) in [6, 6.07) is 19.6. The van der Waals surface area contributed by atoms with Gasteiger partial charge in [0.1, 0.15) is 0 Å². The van der Waals surface area contributed by atoms with Gasteiger partial charge in [-0.2, -0.15) is 0 Å². The summed E-state index contributed by atoms with van der Waals surface area (Å²) in [7, 11) is 0. The third-order valence-corrected chi connectivity index (χ3v) is 6.68. The third-order valence-electron chi connectivity index (χ3n) is 5.70. The van der Waals surface area contributed by atoms with Gasteiger partial charge in [0.2, 0.25) is 5.91 Å². The number of aryl methyl sites for hydroxylation is 1. The van der Waals surface area contributed by atoms with Crippen LogP contribution in [0.4, 0.5) is 0 Å². The summed E-state index contributed by atoms with van der Waals surface area (Å²) >= 11 is 1.68. The Morgan fingerprint density at radius 1 is 1.06 bits per heavy atom. The van der Waals surface area contributed by atoms with Crippen LogP contribution in [0, 0.1) is 0 Å². The zero-order chi connectivity index (χ0) is 21.9. The largest absolute Gasteiger partial charge is 0.361 e. The van der Waals surface area contributed by atoms with Crippen molar-refractivity contribution in [2.24, 2.45) is 0 Å². The standard InChI is InChI=1S/C25H22N4O2S/c30-24(11-12-29-16-28-22-9-4-2-7-18(22)25(29)31)27-15-20(23-10-5-13-32-23)19-14-26-21-8-3-1-6-17(19)21/h1-10,13-14,16,20,26H,11-12,15H2,(H,27,30)/t20-/m1/s1. The second-order valence-corrected chi connectivity index (χ2v) is 8.65. The van der Waals surface area contributed by atoms with Crippen molar-refractivity contribution in [2.75, 3.05) is 6.54 Å². The molecule has 7 heteroatoms. The van der Waals surface area contributed by atoms with Crippen molar-refractivity contribution >= 4 is 39.0 Å². The quantitative estimate of drug-likeness (QED) is 0.395. The average molecular weight is 443 g/mol. The molecular weight excluding hydrogens is 420 g/mol. The molecule has 1 atom stereocenters. The fourth-order valence-electron chi connectivity index (χ4n) is 4.03. The van der Waals surface area contributed by atoms with Gasteiger partial charge in [0.25, 0.3) is 5.56 Å². The number of rotatable bonds is 7. The number of nitrogens with zero attached hydrogens (tertiary/aromatic N) is 2. The van der Waals surface area contributed by atoms with Crippen LogP contribution in [0.25, 0.3) is 21.8 Å². The van der Waals surface area contributed by atoms with Crippen LogP contribution in [-0.4, -0.2) is 27.0 Å². The molecule has 0 saturated carbocycles. The van der Waals surface area contributed by atoms with Crippen molar-refractivity contribution < 1.29 is 4.79 Å². The number of fused-ring (bicyclic) bond motifs is 2. The third kappa shape index (κ3) is 3.94. The molecule has 0 radical (unpaired) electrons.